The van der Waals surface area contributed by atoms with E-state index in [4.69, 9.17) is 9.47 Å². The van der Waals surface area contributed by atoms with Crippen LogP contribution in [0.2, 0.25) is 0 Å². The van der Waals surface area contributed by atoms with Crippen LogP contribution < -0.4 is 9.64 Å². The van der Waals surface area contributed by atoms with E-state index in [1.165, 1.54) is 12.1 Å². The van der Waals surface area contributed by atoms with Crippen LogP contribution >= 0.6 is 0 Å². The molecule has 1 amide bonds. The number of fused-ring (bicyclic) bond motifs is 1. The van der Waals surface area contributed by atoms with Gasteiger partial charge in [0.2, 0.25) is 0 Å². The Balaban J connectivity index is 1.54. The average Bonchev–Trinajstić information content (AvgIpc) is 2.52. The van der Waals surface area contributed by atoms with Crippen molar-refractivity contribution in [3.8, 4) is 5.75 Å². The lowest BCUT2D eigenvalue weighted by Gasteiger charge is -2.41. The number of benzene rings is 1. The average molecular weight is 336 g/mol. The van der Waals surface area contributed by atoms with E-state index in [9.17, 15) is 9.18 Å². The van der Waals surface area contributed by atoms with Crippen LogP contribution in [0.4, 0.5) is 10.1 Å². The number of carbonyl (C=O) groups excluding carboxylic acids is 1. The molecule has 0 saturated carbocycles. The highest BCUT2D eigenvalue weighted by atomic mass is 19.1. The number of carbonyl (C=O) groups is 1. The second-order valence-electron chi connectivity index (χ2n) is 6.72. The highest BCUT2D eigenvalue weighted by molar-refractivity contribution is 5.97. The molecule has 0 radical (unpaired) electrons. The summed E-state index contributed by atoms with van der Waals surface area (Å²) in [6.07, 6.45) is 1.39. The third-order valence-electron chi connectivity index (χ3n) is 4.41. The number of ether oxygens (including phenoxy) is 2. The molecule has 2 aliphatic heterocycles. The second kappa shape index (κ2) is 7.49. The molecule has 0 bridgehead atoms. The van der Waals surface area contributed by atoms with Gasteiger partial charge in [0.1, 0.15) is 11.6 Å². The van der Waals surface area contributed by atoms with Crippen molar-refractivity contribution in [1.82, 2.24) is 4.90 Å². The summed E-state index contributed by atoms with van der Waals surface area (Å²) in [6, 6.07) is 4.31. The van der Waals surface area contributed by atoms with Crippen LogP contribution in [0.15, 0.2) is 18.2 Å². The second-order valence-corrected chi connectivity index (χ2v) is 6.72. The van der Waals surface area contributed by atoms with Crippen molar-refractivity contribution in [1.29, 1.82) is 0 Å². The molecular formula is C18H25FN2O3. The van der Waals surface area contributed by atoms with E-state index in [2.05, 4.69) is 18.7 Å². The number of anilines is 1. The van der Waals surface area contributed by atoms with E-state index in [0.29, 0.717) is 24.1 Å². The van der Waals surface area contributed by atoms with Crippen molar-refractivity contribution in [2.24, 2.45) is 5.92 Å². The molecule has 2 heterocycles. The van der Waals surface area contributed by atoms with Crippen LogP contribution in [0, 0.1) is 11.7 Å². The van der Waals surface area contributed by atoms with E-state index in [0.717, 1.165) is 32.7 Å². The minimum Gasteiger partial charge on any atom is -0.482 e. The first-order chi connectivity index (χ1) is 11.6. The van der Waals surface area contributed by atoms with Gasteiger partial charge in [-0.2, -0.15) is 0 Å². The van der Waals surface area contributed by atoms with Crippen LogP contribution in [0.5, 0.6) is 5.75 Å². The molecule has 1 aromatic rings. The predicted octanol–water partition coefficient (Wildman–Crippen LogP) is 2.30. The lowest BCUT2D eigenvalue weighted by atomic mass is 10.1. The van der Waals surface area contributed by atoms with E-state index in [1.54, 1.807) is 11.0 Å². The molecule has 0 N–H and O–H groups in total. The molecule has 2 aliphatic rings. The van der Waals surface area contributed by atoms with Gasteiger partial charge >= 0.3 is 0 Å². The summed E-state index contributed by atoms with van der Waals surface area (Å²) in [5, 5.41) is 0. The highest BCUT2D eigenvalue weighted by Gasteiger charge is 2.31. The Morgan fingerprint density at radius 3 is 2.92 bits per heavy atom. The Bertz CT molecular complexity index is 590. The highest BCUT2D eigenvalue weighted by Crippen LogP contribution is 2.33. The normalized spacial score (nSPS) is 19.6. The van der Waals surface area contributed by atoms with Crippen LogP contribution in [0.3, 0.4) is 0 Å². The van der Waals surface area contributed by atoms with Gasteiger partial charge in [-0.1, -0.05) is 13.8 Å². The minimum atomic E-state index is -0.358. The number of amides is 1. The SMILES string of the molecule is CCCOC1CN(C[C@@H](C)CN2C(=O)COc3ccc(F)cc32)C1. The molecule has 0 unspecified atom stereocenters. The molecule has 1 atom stereocenters. The Morgan fingerprint density at radius 2 is 2.17 bits per heavy atom. The molecule has 0 aliphatic carbocycles. The van der Waals surface area contributed by atoms with Crippen molar-refractivity contribution in [3.63, 3.8) is 0 Å². The lowest BCUT2D eigenvalue weighted by Crippen LogP contribution is -2.54. The van der Waals surface area contributed by atoms with Crippen molar-refractivity contribution in [3.05, 3.63) is 24.0 Å². The number of hydrogen-bond acceptors (Lipinski definition) is 4. The number of hydrogen-bond donors (Lipinski definition) is 0. The zero-order chi connectivity index (χ0) is 17.1. The van der Waals surface area contributed by atoms with Gasteiger partial charge in [0.05, 0.1) is 11.8 Å². The fourth-order valence-corrected chi connectivity index (χ4v) is 3.25. The molecular weight excluding hydrogens is 311 g/mol. The van der Waals surface area contributed by atoms with Gasteiger partial charge in [-0.3, -0.25) is 9.69 Å². The monoisotopic (exact) mass is 336 g/mol. The number of nitrogens with zero attached hydrogens (tertiary/aromatic N) is 2. The van der Waals surface area contributed by atoms with E-state index in [1.807, 2.05) is 0 Å². The van der Waals surface area contributed by atoms with E-state index in [-0.39, 0.29) is 24.2 Å². The van der Waals surface area contributed by atoms with Crippen LogP contribution in [0.1, 0.15) is 20.3 Å². The molecule has 6 heteroatoms. The Hall–Kier alpha value is -1.66. The molecule has 0 spiro atoms. The van der Waals surface area contributed by atoms with Crippen molar-refractivity contribution < 1.29 is 18.7 Å². The van der Waals surface area contributed by atoms with E-state index < -0.39 is 0 Å². The van der Waals surface area contributed by atoms with Crippen LogP contribution in [-0.2, 0) is 9.53 Å². The van der Waals surface area contributed by atoms with Gasteiger partial charge in [-0.15, -0.1) is 0 Å². The van der Waals surface area contributed by atoms with Gasteiger partial charge < -0.3 is 14.4 Å². The lowest BCUT2D eigenvalue weighted by molar-refractivity contribution is -0.121. The molecule has 1 fully saturated rings. The van der Waals surface area contributed by atoms with Crippen molar-refractivity contribution >= 4 is 11.6 Å². The first-order valence-corrected chi connectivity index (χ1v) is 8.63. The van der Waals surface area contributed by atoms with Gasteiger partial charge in [-0.25, -0.2) is 4.39 Å². The first-order valence-electron chi connectivity index (χ1n) is 8.63. The van der Waals surface area contributed by atoms with Crippen molar-refractivity contribution in [2.45, 2.75) is 26.4 Å². The van der Waals surface area contributed by atoms with Gasteiger partial charge in [0, 0.05) is 38.9 Å². The maximum atomic E-state index is 13.5. The third kappa shape index (κ3) is 3.87. The molecule has 3 rings (SSSR count). The quantitative estimate of drug-likeness (QED) is 0.766. The summed E-state index contributed by atoms with van der Waals surface area (Å²) in [6.45, 7) is 8.43. The topological polar surface area (TPSA) is 42.0 Å². The first kappa shape index (κ1) is 17.2. The summed E-state index contributed by atoms with van der Waals surface area (Å²) < 4.78 is 24.6. The number of halogens is 1. The number of likely N-dealkylation sites (tertiary alicyclic amines) is 1. The third-order valence-corrected chi connectivity index (χ3v) is 4.41. The zero-order valence-electron chi connectivity index (χ0n) is 14.3. The fourth-order valence-electron chi connectivity index (χ4n) is 3.25. The van der Waals surface area contributed by atoms with Crippen LogP contribution in [0.25, 0.3) is 0 Å². The smallest absolute Gasteiger partial charge is 0.265 e. The maximum Gasteiger partial charge on any atom is 0.265 e. The standard InChI is InChI=1S/C18H25FN2O3/c1-3-6-23-15-10-20(11-15)8-13(2)9-21-16-7-14(19)4-5-17(16)24-12-18(21)22/h4-5,7,13,15H,3,6,8-12H2,1-2H3/t13-/m1/s1. The van der Waals surface area contributed by atoms with Gasteiger partial charge in [0.25, 0.3) is 5.91 Å². The summed E-state index contributed by atoms with van der Waals surface area (Å²) in [5.74, 6) is 0.381. The minimum absolute atomic E-state index is 0.0159. The molecule has 5 nitrogen and oxygen atoms in total. The summed E-state index contributed by atoms with van der Waals surface area (Å²) in [5.41, 5.74) is 0.533. The maximum absolute atomic E-state index is 13.5. The fraction of sp³-hybridized carbons (Fsp3) is 0.611. The molecule has 1 saturated heterocycles. The predicted molar refractivity (Wildman–Crippen MR) is 89.9 cm³/mol. The van der Waals surface area contributed by atoms with Crippen LogP contribution in [-0.4, -0.2) is 56.3 Å². The molecule has 1 aromatic carbocycles. The zero-order valence-corrected chi connectivity index (χ0v) is 14.3. The molecule has 132 valence electrons. The largest absolute Gasteiger partial charge is 0.482 e. The summed E-state index contributed by atoms with van der Waals surface area (Å²) >= 11 is 0. The Kier molecular flexibility index (Phi) is 5.36. The Labute approximate surface area is 142 Å². The summed E-state index contributed by atoms with van der Waals surface area (Å²) in [4.78, 5) is 16.2. The molecule has 0 aromatic heterocycles. The molecule has 24 heavy (non-hydrogen) atoms. The Morgan fingerprint density at radius 1 is 1.38 bits per heavy atom. The van der Waals surface area contributed by atoms with Gasteiger partial charge in [-0.05, 0) is 24.5 Å². The van der Waals surface area contributed by atoms with Gasteiger partial charge in [0.15, 0.2) is 6.61 Å². The van der Waals surface area contributed by atoms with E-state index >= 15 is 0 Å². The number of rotatable bonds is 7. The summed E-state index contributed by atoms with van der Waals surface area (Å²) in [7, 11) is 0. The van der Waals surface area contributed by atoms with Crippen molar-refractivity contribution in [2.75, 3.05) is 44.3 Å².